The van der Waals surface area contributed by atoms with Gasteiger partial charge in [-0.05, 0) is 37.1 Å². The van der Waals surface area contributed by atoms with Gasteiger partial charge in [0.25, 0.3) is 0 Å². The van der Waals surface area contributed by atoms with E-state index in [1.807, 2.05) is 18.2 Å². The van der Waals surface area contributed by atoms with Crippen molar-refractivity contribution < 1.29 is 9.47 Å². The molecule has 0 radical (unpaired) electrons. The molecule has 1 aromatic rings. The van der Waals surface area contributed by atoms with Gasteiger partial charge in [0.2, 0.25) is 0 Å². The lowest BCUT2D eigenvalue weighted by Crippen LogP contribution is -2.15. The fourth-order valence-corrected chi connectivity index (χ4v) is 1.62. The summed E-state index contributed by atoms with van der Waals surface area (Å²) in [6.07, 6.45) is 1.13. The van der Waals surface area contributed by atoms with Gasteiger partial charge in [-0.25, -0.2) is 0 Å². The van der Waals surface area contributed by atoms with E-state index < -0.39 is 0 Å². The number of nitrogens with one attached hydrogen (secondary N) is 1. The fraction of sp³-hybridized carbons (Fsp3) is 0.600. The van der Waals surface area contributed by atoms with Crippen molar-refractivity contribution in [2.45, 2.75) is 33.7 Å². The molecule has 0 heterocycles. The normalized spacial score (nSPS) is 10.7. The molecule has 0 aliphatic rings. The molecule has 0 aliphatic carbocycles. The van der Waals surface area contributed by atoms with E-state index >= 15 is 0 Å². The summed E-state index contributed by atoms with van der Waals surface area (Å²) in [5, 5.41) is 3.40. The van der Waals surface area contributed by atoms with E-state index in [1.54, 1.807) is 7.11 Å². The second kappa shape index (κ2) is 7.98. The molecule has 0 bridgehead atoms. The molecule has 0 saturated heterocycles. The van der Waals surface area contributed by atoms with Crippen molar-refractivity contribution in [3.63, 3.8) is 0 Å². The first kappa shape index (κ1) is 14.8. The topological polar surface area (TPSA) is 30.5 Å². The van der Waals surface area contributed by atoms with Crippen molar-refractivity contribution in [1.29, 1.82) is 0 Å². The van der Waals surface area contributed by atoms with Gasteiger partial charge in [0.15, 0.2) is 0 Å². The van der Waals surface area contributed by atoms with Gasteiger partial charge in [0.05, 0.1) is 13.7 Å². The summed E-state index contributed by atoms with van der Waals surface area (Å²) in [5.74, 6) is 2.36. The van der Waals surface area contributed by atoms with Gasteiger partial charge in [0, 0.05) is 12.1 Å². The maximum atomic E-state index is 5.83. The van der Waals surface area contributed by atoms with Crippen LogP contribution in [0.3, 0.4) is 0 Å². The van der Waals surface area contributed by atoms with Crippen LogP contribution in [-0.4, -0.2) is 20.3 Å². The van der Waals surface area contributed by atoms with E-state index in [0.717, 1.165) is 43.2 Å². The Morgan fingerprint density at radius 3 is 2.67 bits per heavy atom. The fourth-order valence-electron chi connectivity index (χ4n) is 1.62. The molecule has 0 saturated carbocycles. The van der Waals surface area contributed by atoms with Crippen molar-refractivity contribution in [1.82, 2.24) is 5.32 Å². The zero-order valence-corrected chi connectivity index (χ0v) is 12.0. The summed E-state index contributed by atoms with van der Waals surface area (Å²) in [6, 6.07) is 5.97. The molecule has 3 nitrogen and oxygen atoms in total. The van der Waals surface area contributed by atoms with Crippen LogP contribution in [0.5, 0.6) is 11.5 Å². The summed E-state index contributed by atoms with van der Waals surface area (Å²) in [5.41, 5.74) is 1.16. The molecule has 0 aromatic heterocycles. The largest absolute Gasteiger partial charge is 0.497 e. The van der Waals surface area contributed by atoms with Gasteiger partial charge in [-0.2, -0.15) is 0 Å². The average Bonchev–Trinajstić information content (AvgIpc) is 2.37. The summed E-state index contributed by atoms with van der Waals surface area (Å²) in [7, 11) is 1.69. The van der Waals surface area contributed by atoms with Crippen LogP contribution in [-0.2, 0) is 6.54 Å². The van der Waals surface area contributed by atoms with Crippen molar-refractivity contribution in [2.24, 2.45) is 5.92 Å². The molecular weight excluding hydrogens is 226 g/mol. The zero-order valence-electron chi connectivity index (χ0n) is 12.0. The first-order chi connectivity index (χ1) is 8.67. The number of rotatable bonds is 8. The van der Waals surface area contributed by atoms with E-state index in [0.29, 0.717) is 5.92 Å². The van der Waals surface area contributed by atoms with Crippen LogP contribution in [0.15, 0.2) is 18.2 Å². The smallest absolute Gasteiger partial charge is 0.124 e. The third-order valence-electron chi connectivity index (χ3n) is 2.58. The van der Waals surface area contributed by atoms with Crippen LogP contribution in [0.1, 0.15) is 32.8 Å². The summed E-state index contributed by atoms with van der Waals surface area (Å²) in [4.78, 5) is 0. The predicted molar refractivity (Wildman–Crippen MR) is 75.3 cm³/mol. The Kier molecular flexibility index (Phi) is 6.58. The van der Waals surface area contributed by atoms with Crippen molar-refractivity contribution in [3.05, 3.63) is 23.8 Å². The lowest BCUT2D eigenvalue weighted by Gasteiger charge is -2.14. The summed E-state index contributed by atoms with van der Waals surface area (Å²) >= 11 is 0. The molecular formula is C15H25NO2. The van der Waals surface area contributed by atoms with E-state index in [9.17, 15) is 0 Å². The van der Waals surface area contributed by atoms with Gasteiger partial charge in [-0.15, -0.1) is 0 Å². The maximum absolute atomic E-state index is 5.83. The minimum absolute atomic E-state index is 0.531. The van der Waals surface area contributed by atoms with Crippen LogP contribution < -0.4 is 14.8 Å². The molecule has 3 heteroatoms. The van der Waals surface area contributed by atoms with Crippen molar-refractivity contribution in [2.75, 3.05) is 20.3 Å². The third-order valence-corrected chi connectivity index (χ3v) is 2.58. The maximum Gasteiger partial charge on any atom is 0.124 e. The van der Waals surface area contributed by atoms with Crippen molar-refractivity contribution in [3.8, 4) is 11.5 Å². The Hall–Kier alpha value is -1.22. The van der Waals surface area contributed by atoms with Crippen LogP contribution in [0, 0.1) is 5.92 Å². The number of benzene rings is 1. The average molecular weight is 251 g/mol. The highest BCUT2D eigenvalue weighted by Gasteiger charge is 2.06. The lowest BCUT2D eigenvalue weighted by atomic mass is 10.1. The van der Waals surface area contributed by atoms with Crippen LogP contribution in [0.4, 0.5) is 0 Å². The van der Waals surface area contributed by atoms with Crippen LogP contribution in [0.25, 0.3) is 0 Å². The Morgan fingerprint density at radius 1 is 1.28 bits per heavy atom. The Bertz CT molecular complexity index is 350. The second-order valence-corrected chi connectivity index (χ2v) is 4.86. The predicted octanol–water partition coefficient (Wildman–Crippen LogP) is 3.23. The SMILES string of the molecule is CCCNCc1cc(OC)ccc1OCC(C)C. The molecule has 0 aliphatic heterocycles. The summed E-state index contributed by atoms with van der Waals surface area (Å²) < 4.78 is 11.1. The lowest BCUT2D eigenvalue weighted by molar-refractivity contribution is 0.267. The monoisotopic (exact) mass is 251 g/mol. The Labute approximate surface area is 110 Å². The van der Waals surface area contributed by atoms with Gasteiger partial charge in [-0.3, -0.25) is 0 Å². The van der Waals surface area contributed by atoms with E-state index in [4.69, 9.17) is 9.47 Å². The van der Waals surface area contributed by atoms with Gasteiger partial charge in [0.1, 0.15) is 11.5 Å². The molecule has 0 amide bonds. The second-order valence-electron chi connectivity index (χ2n) is 4.86. The van der Waals surface area contributed by atoms with E-state index in [-0.39, 0.29) is 0 Å². The highest BCUT2D eigenvalue weighted by molar-refractivity contribution is 5.40. The number of methoxy groups -OCH3 is 1. The molecule has 0 atom stereocenters. The molecule has 1 aromatic carbocycles. The van der Waals surface area contributed by atoms with Gasteiger partial charge >= 0.3 is 0 Å². The molecule has 1 N–H and O–H groups in total. The van der Waals surface area contributed by atoms with Crippen LogP contribution in [0.2, 0.25) is 0 Å². The standard InChI is InChI=1S/C15H25NO2/c1-5-8-16-10-13-9-14(17-4)6-7-15(13)18-11-12(2)3/h6-7,9,12,16H,5,8,10-11H2,1-4H3. The van der Waals surface area contributed by atoms with E-state index in [2.05, 4.69) is 26.1 Å². The minimum Gasteiger partial charge on any atom is -0.497 e. The first-order valence-corrected chi connectivity index (χ1v) is 6.67. The number of hydrogen-bond donors (Lipinski definition) is 1. The number of hydrogen-bond acceptors (Lipinski definition) is 3. The minimum atomic E-state index is 0.531. The van der Waals surface area contributed by atoms with Gasteiger partial charge in [-0.1, -0.05) is 20.8 Å². The quantitative estimate of drug-likeness (QED) is 0.720. The highest BCUT2D eigenvalue weighted by atomic mass is 16.5. The Morgan fingerprint density at radius 2 is 2.06 bits per heavy atom. The van der Waals surface area contributed by atoms with Crippen molar-refractivity contribution >= 4 is 0 Å². The summed E-state index contributed by atoms with van der Waals surface area (Å²) in [6.45, 7) is 9.04. The molecule has 0 unspecified atom stereocenters. The van der Waals surface area contributed by atoms with E-state index in [1.165, 1.54) is 0 Å². The zero-order chi connectivity index (χ0) is 13.4. The number of ether oxygens (including phenoxy) is 2. The molecule has 0 spiro atoms. The van der Waals surface area contributed by atoms with Gasteiger partial charge < -0.3 is 14.8 Å². The Balaban J connectivity index is 2.72. The molecule has 0 fully saturated rings. The highest BCUT2D eigenvalue weighted by Crippen LogP contribution is 2.24. The molecule has 1 rings (SSSR count). The first-order valence-electron chi connectivity index (χ1n) is 6.67. The molecule has 102 valence electrons. The van der Waals surface area contributed by atoms with Crippen LogP contribution >= 0.6 is 0 Å². The molecule has 18 heavy (non-hydrogen) atoms. The third kappa shape index (κ3) is 4.96.